The predicted octanol–water partition coefficient (Wildman–Crippen LogP) is 1.76. The van der Waals surface area contributed by atoms with Crippen molar-refractivity contribution in [3.63, 3.8) is 0 Å². The number of nitrogens with zero attached hydrogens (tertiary/aromatic N) is 3. The molecule has 0 bridgehead atoms. The van der Waals surface area contributed by atoms with Gasteiger partial charge in [-0.15, -0.1) is 0 Å². The van der Waals surface area contributed by atoms with Crippen molar-refractivity contribution < 1.29 is 9.90 Å². The highest BCUT2D eigenvalue weighted by atomic mass is 16.4. The molecule has 0 radical (unpaired) electrons. The fourth-order valence-corrected chi connectivity index (χ4v) is 1.56. The van der Waals surface area contributed by atoms with Crippen molar-refractivity contribution in [3.8, 4) is 0 Å². The van der Waals surface area contributed by atoms with Crippen LogP contribution < -0.4 is 0 Å². The Morgan fingerprint density at radius 3 is 2.56 bits per heavy atom. The van der Waals surface area contributed by atoms with E-state index in [0.717, 1.165) is 5.82 Å². The standard InChI is InChI=1S/C11H19N3O2/c1-7(2)14-10(12-6-13-14)5-8(3)9(4)11(15)16/h6-9H,5H2,1-4H3,(H,15,16). The van der Waals surface area contributed by atoms with Crippen LogP contribution in [-0.4, -0.2) is 25.8 Å². The Morgan fingerprint density at radius 2 is 2.06 bits per heavy atom. The molecule has 0 fully saturated rings. The second-order valence-electron chi connectivity index (χ2n) is 4.52. The zero-order valence-corrected chi connectivity index (χ0v) is 10.2. The van der Waals surface area contributed by atoms with E-state index in [9.17, 15) is 4.79 Å². The van der Waals surface area contributed by atoms with Crippen LogP contribution in [0.5, 0.6) is 0 Å². The van der Waals surface area contributed by atoms with Crippen molar-refractivity contribution in [1.29, 1.82) is 0 Å². The molecule has 1 N–H and O–H groups in total. The number of aromatic nitrogens is 3. The highest BCUT2D eigenvalue weighted by Crippen LogP contribution is 2.17. The minimum absolute atomic E-state index is 0.0548. The number of hydrogen-bond acceptors (Lipinski definition) is 3. The zero-order valence-electron chi connectivity index (χ0n) is 10.2. The Kier molecular flexibility index (Phi) is 4.04. The summed E-state index contributed by atoms with van der Waals surface area (Å²) in [6, 6.07) is 0.254. The maximum Gasteiger partial charge on any atom is 0.306 e. The SMILES string of the molecule is CC(Cc1ncnn1C(C)C)C(C)C(=O)O. The van der Waals surface area contributed by atoms with Gasteiger partial charge in [0.15, 0.2) is 0 Å². The van der Waals surface area contributed by atoms with E-state index in [1.165, 1.54) is 6.33 Å². The third kappa shape index (κ3) is 2.81. The summed E-state index contributed by atoms with van der Waals surface area (Å²) in [7, 11) is 0. The summed E-state index contributed by atoms with van der Waals surface area (Å²) in [5.74, 6) is -0.213. The van der Waals surface area contributed by atoms with Crippen LogP contribution in [0.15, 0.2) is 6.33 Å². The van der Waals surface area contributed by atoms with Crippen molar-refractivity contribution >= 4 is 5.97 Å². The molecule has 0 aromatic carbocycles. The Bertz CT molecular complexity index is 360. The first-order valence-corrected chi connectivity index (χ1v) is 5.54. The maximum atomic E-state index is 10.8. The molecule has 1 heterocycles. The summed E-state index contributed by atoms with van der Waals surface area (Å²) in [5.41, 5.74) is 0. The second kappa shape index (κ2) is 5.09. The van der Waals surface area contributed by atoms with Gasteiger partial charge in [0.25, 0.3) is 0 Å². The van der Waals surface area contributed by atoms with Gasteiger partial charge in [0.05, 0.1) is 5.92 Å². The van der Waals surface area contributed by atoms with E-state index in [-0.39, 0.29) is 17.9 Å². The van der Waals surface area contributed by atoms with E-state index in [4.69, 9.17) is 5.11 Å². The van der Waals surface area contributed by atoms with Crippen LogP contribution in [0.2, 0.25) is 0 Å². The molecule has 0 aliphatic rings. The molecule has 1 aromatic rings. The van der Waals surface area contributed by atoms with Crippen molar-refractivity contribution in [1.82, 2.24) is 14.8 Å². The lowest BCUT2D eigenvalue weighted by Gasteiger charge is -2.16. The first kappa shape index (κ1) is 12.7. The largest absolute Gasteiger partial charge is 0.481 e. The fraction of sp³-hybridized carbons (Fsp3) is 0.727. The summed E-state index contributed by atoms with van der Waals surface area (Å²) in [6.07, 6.45) is 2.17. The monoisotopic (exact) mass is 225 g/mol. The molecule has 0 aliphatic heterocycles. The van der Waals surface area contributed by atoms with Gasteiger partial charge < -0.3 is 5.11 Å². The van der Waals surface area contributed by atoms with Crippen LogP contribution in [-0.2, 0) is 11.2 Å². The lowest BCUT2D eigenvalue weighted by Crippen LogP contribution is -2.22. The van der Waals surface area contributed by atoms with Gasteiger partial charge in [-0.1, -0.05) is 13.8 Å². The average molecular weight is 225 g/mol. The van der Waals surface area contributed by atoms with Gasteiger partial charge in [0.2, 0.25) is 0 Å². The first-order valence-electron chi connectivity index (χ1n) is 5.54. The van der Waals surface area contributed by atoms with Gasteiger partial charge in [0, 0.05) is 12.5 Å². The van der Waals surface area contributed by atoms with Crippen LogP contribution in [0.25, 0.3) is 0 Å². The van der Waals surface area contributed by atoms with Gasteiger partial charge in [-0.25, -0.2) is 9.67 Å². The topological polar surface area (TPSA) is 68.0 Å². The molecule has 16 heavy (non-hydrogen) atoms. The molecule has 2 atom stereocenters. The molecule has 2 unspecified atom stereocenters. The summed E-state index contributed by atoms with van der Waals surface area (Å²) < 4.78 is 1.84. The Hall–Kier alpha value is -1.39. The molecule has 0 amide bonds. The number of carboxylic acid groups (broad SMARTS) is 1. The minimum Gasteiger partial charge on any atom is -0.481 e. The van der Waals surface area contributed by atoms with E-state index in [0.29, 0.717) is 6.42 Å². The Labute approximate surface area is 95.5 Å². The molecular weight excluding hydrogens is 206 g/mol. The van der Waals surface area contributed by atoms with Crippen LogP contribution in [0.1, 0.15) is 39.6 Å². The van der Waals surface area contributed by atoms with Gasteiger partial charge in [-0.2, -0.15) is 5.10 Å². The number of carboxylic acids is 1. The summed E-state index contributed by atoms with van der Waals surface area (Å²) in [6.45, 7) is 7.72. The molecule has 0 aliphatic carbocycles. The fourth-order valence-electron chi connectivity index (χ4n) is 1.56. The second-order valence-corrected chi connectivity index (χ2v) is 4.52. The van der Waals surface area contributed by atoms with Gasteiger partial charge in [-0.05, 0) is 19.8 Å². The van der Waals surface area contributed by atoms with E-state index in [1.807, 2.05) is 25.5 Å². The Morgan fingerprint density at radius 1 is 1.44 bits per heavy atom. The smallest absolute Gasteiger partial charge is 0.306 e. The van der Waals surface area contributed by atoms with Crippen LogP contribution in [0, 0.1) is 11.8 Å². The van der Waals surface area contributed by atoms with Gasteiger partial charge in [-0.3, -0.25) is 4.79 Å². The first-order chi connectivity index (χ1) is 7.43. The third-order valence-electron chi connectivity index (χ3n) is 2.88. The average Bonchev–Trinajstić information content (AvgIpc) is 2.64. The molecule has 1 rings (SSSR count). The lowest BCUT2D eigenvalue weighted by atomic mass is 9.93. The molecular formula is C11H19N3O2. The van der Waals surface area contributed by atoms with E-state index in [2.05, 4.69) is 10.1 Å². The quantitative estimate of drug-likeness (QED) is 0.829. The van der Waals surface area contributed by atoms with Crippen LogP contribution >= 0.6 is 0 Å². The number of hydrogen-bond donors (Lipinski definition) is 1. The summed E-state index contributed by atoms with van der Waals surface area (Å²) >= 11 is 0. The minimum atomic E-state index is -0.761. The summed E-state index contributed by atoms with van der Waals surface area (Å²) in [4.78, 5) is 15.0. The van der Waals surface area contributed by atoms with Crippen molar-refractivity contribution in [2.75, 3.05) is 0 Å². The molecule has 1 aromatic heterocycles. The van der Waals surface area contributed by atoms with E-state index >= 15 is 0 Å². The van der Waals surface area contributed by atoms with E-state index < -0.39 is 5.97 Å². The number of carbonyl (C=O) groups is 1. The van der Waals surface area contributed by atoms with E-state index in [1.54, 1.807) is 6.92 Å². The molecule has 90 valence electrons. The Balaban J connectivity index is 2.73. The van der Waals surface area contributed by atoms with Crippen LogP contribution in [0.3, 0.4) is 0 Å². The molecule has 5 nitrogen and oxygen atoms in total. The number of rotatable bonds is 5. The highest BCUT2D eigenvalue weighted by molar-refractivity contribution is 5.69. The molecule has 0 saturated carbocycles. The normalized spacial score (nSPS) is 15.1. The molecule has 5 heteroatoms. The highest BCUT2D eigenvalue weighted by Gasteiger charge is 2.21. The third-order valence-corrected chi connectivity index (χ3v) is 2.88. The molecule has 0 saturated heterocycles. The maximum absolute atomic E-state index is 10.8. The summed E-state index contributed by atoms with van der Waals surface area (Å²) in [5, 5.41) is 13.0. The van der Waals surface area contributed by atoms with Crippen molar-refractivity contribution in [2.24, 2.45) is 11.8 Å². The van der Waals surface area contributed by atoms with Crippen LogP contribution in [0.4, 0.5) is 0 Å². The van der Waals surface area contributed by atoms with Gasteiger partial charge >= 0.3 is 5.97 Å². The predicted molar refractivity (Wildman–Crippen MR) is 60.1 cm³/mol. The van der Waals surface area contributed by atoms with Crippen molar-refractivity contribution in [3.05, 3.63) is 12.2 Å². The number of aliphatic carboxylic acids is 1. The van der Waals surface area contributed by atoms with Crippen molar-refractivity contribution in [2.45, 2.75) is 40.2 Å². The lowest BCUT2D eigenvalue weighted by molar-refractivity contribution is -0.142. The van der Waals surface area contributed by atoms with Gasteiger partial charge in [0.1, 0.15) is 12.2 Å². The zero-order chi connectivity index (χ0) is 12.3. The molecule has 0 spiro atoms.